The van der Waals surface area contributed by atoms with Crippen molar-refractivity contribution < 1.29 is 63.4 Å². The van der Waals surface area contributed by atoms with Gasteiger partial charge in [-0.25, -0.2) is 0 Å². The molecule has 306 valence electrons. The van der Waals surface area contributed by atoms with E-state index in [-0.39, 0.29) is 53.8 Å². The lowest BCUT2D eigenvalue weighted by atomic mass is 9.73. The van der Waals surface area contributed by atoms with Crippen LogP contribution in [0.3, 0.4) is 0 Å². The van der Waals surface area contributed by atoms with Crippen LogP contribution in [0.1, 0.15) is 99.0 Å². The van der Waals surface area contributed by atoms with Gasteiger partial charge in [-0.3, -0.25) is 33.8 Å². The van der Waals surface area contributed by atoms with Crippen molar-refractivity contribution in [2.24, 2.45) is 5.92 Å². The highest BCUT2D eigenvalue weighted by Crippen LogP contribution is 2.51. The highest BCUT2D eigenvalue weighted by molar-refractivity contribution is 6.31. The van der Waals surface area contributed by atoms with E-state index in [1.54, 1.807) is 6.92 Å². The van der Waals surface area contributed by atoms with E-state index in [9.17, 15) is 49.2 Å². The monoisotopic (exact) mass is 800 g/mol. The predicted octanol–water partition coefficient (Wildman–Crippen LogP) is 1.25. The number of nitrogens with one attached hydrogen (secondary N) is 2. The molecule has 58 heavy (non-hydrogen) atoms. The number of aromatic nitrogens is 1. The summed E-state index contributed by atoms with van der Waals surface area (Å²) in [6.07, 6.45) is -1.25. The highest BCUT2D eigenvalue weighted by atomic mass is 16.7. The molecule has 2 aromatic carbocycles. The molecule has 2 saturated heterocycles. The number of methoxy groups -OCH3 is 1. The van der Waals surface area contributed by atoms with E-state index < -0.39 is 113 Å². The van der Waals surface area contributed by atoms with Crippen molar-refractivity contribution in [3.63, 3.8) is 0 Å². The molecule has 8 atom stereocenters. The maximum absolute atomic E-state index is 14.0. The van der Waals surface area contributed by atoms with E-state index in [1.807, 2.05) is 0 Å². The summed E-state index contributed by atoms with van der Waals surface area (Å²) >= 11 is 0. The van der Waals surface area contributed by atoms with Gasteiger partial charge in [0.25, 0.3) is 5.91 Å². The Morgan fingerprint density at radius 2 is 1.74 bits per heavy atom. The van der Waals surface area contributed by atoms with Crippen LogP contribution in [0.5, 0.6) is 17.2 Å². The molecule has 3 aromatic rings. The number of nitrogens with zero attached hydrogens (tertiary/aromatic N) is 2. The number of phenolic OH excluding ortho intramolecular Hbond substituents is 2. The van der Waals surface area contributed by atoms with Gasteiger partial charge in [0, 0.05) is 53.5 Å². The van der Waals surface area contributed by atoms with E-state index in [2.05, 4.69) is 15.6 Å². The number of pyridine rings is 1. The summed E-state index contributed by atoms with van der Waals surface area (Å²) in [5, 5.41) is 49.9. The van der Waals surface area contributed by atoms with Crippen molar-refractivity contribution in [2.45, 2.75) is 88.7 Å². The third-order valence-corrected chi connectivity index (χ3v) is 11.5. The number of ketones is 3. The molecule has 0 spiro atoms. The SMILES string of the molecule is COc1cccc2c1C(=O)c1c(O)c3c(c(O)c1C2=O)CC(C(=O)CO)C[C@@H]3O[C@H]1C[C@H](NC(=O)[C@@H]2CCCN2C(=O)[C@@H](C)NC(=O)c2ccncc2)[C@@H](O)[C@H](C)O1. The minimum absolute atomic E-state index is 0.0160. The highest BCUT2D eigenvalue weighted by Gasteiger charge is 2.46. The van der Waals surface area contributed by atoms with Gasteiger partial charge >= 0.3 is 0 Å². The standard InChI is InChI=1S/C41H44N4O13/c1-18(43-39(53)20-9-11-42-12-10-20)41(55)45-13-5-7-25(45)40(54)44-24-16-29(57-19(2)34(24)48)58-28-15-21(26(47)17-46)14-23-31(28)38(52)33-32(36(23)50)35(49)22-6-4-8-27(56-3)30(22)37(33)51/h4,6,8-12,18-19,21,24-25,28-29,34,46,48,50,52H,5,7,13-17H2,1-3H3,(H,43,53)(H,44,54)/t18-,19+,21?,24+,25+,28+,29+,34+/m1/s1. The first kappa shape index (κ1) is 40.4. The van der Waals surface area contributed by atoms with E-state index in [4.69, 9.17) is 14.2 Å². The number of carbonyl (C=O) groups excluding carboxylic acids is 6. The molecule has 2 aliphatic heterocycles. The van der Waals surface area contributed by atoms with Gasteiger partial charge in [-0.2, -0.15) is 0 Å². The number of phenols is 2. The van der Waals surface area contributed by atoms with Crippen molar-refractivity contribution in [1.29, 1.82) is 0 Å². The van der Waals surface area contributed by atoms with Gasteiger partial charge in [0.15, 0.2) is 17.9 Å². The van der Waals surface area contributed by atoms with Crippen LogP contribution in [0.4, 0.5) is 0 Å². The Morgan fingerprint density at radius 1 is 1.02 bits per heavy atom. The number of Topliss-reactive ketones (excluding diaryl/α,β-unsaturated/α-hetero) is 1. The van der Waals surface area contributed by atoms with Crippen LogP contribution in [0.2, 0.25) is 0 Å². The van der Waals surface area contributed by atoms with E-state index in [1.165, 1.54) is 61.7 Å². The molecule has 2 aliphatic carbocycles. The number of carbonyl (C=O) groups is 6. The topological polar surface area (TPSA) is 251 Å². The van der Waals surface area contributed by atoms with Crippen LogP contribution < -0.4 is 15.4 Å². The zero-order chi connectivity index (χ0) is 41.6. The molecule has 0 radical (unpaired) electrons. The zero-order valence-corrected chi connectivity index (χ0v) is 32.0. The molecule has 7 rings (SSSR count). The molecule has 2 fully saturated rings. The van der Waals surface area contributed by atoms with E-state index >= 15 is 0 Å². The number of aliphatic hydroxyl groups is 2. The van der Waals surface area contributed by atoms with Crippen molar-refractivity contribution in [1.82, 2.24) is 20.5 Å². The summed E-state index contributed by atoms with van der Waals surface area (Å²) in [4.78, 5) is 85.9. The molecule has 1 unspecified atom stereocenters. The number of amides is 3. The van der Waals surface area contributed by atoms with Crippen LogP contribution in [-0.2, 0) is 30.3 Å². The fourth-order valence-corrected chi connectivity index (χ4v) is 8.52. The van der Waals surface area contributed by atoms with Crippen LogP contribution in [0.15, 0.2) is 42.7 Å². The Kier molecular flexibility index (Phi) is 11.3. The fourth-order valence-electron chi connectivity index (χ4n) is 8.52. The number of ether oxygens (including phenoxy) is 3. The molecular weight excluding hydrogens is 756 g/mol. The first-order chi connectivity index (χ1) is 27.7. The number of aliphatic hydroxyl groups excluding tert-OH is 2. The lowest BCUT2D eigenvalue weighted by Gasteiger charge is -2.41. The Balaban J connectivity index is 1.12. The zero-order valence-electron chi connectivity index (χ0n) is 32.0. The summed E-state index contributed by atoms with van der Waals surface area (Å²) < 4.78 is 17.7. The first-order valence-electron chi connectivity index (χ1n) is 19.1. The third kappa shape index (κ3) is 7.18. The first-order valence-corrected chi connectivity index (χ1v) is 19.1. The van der Waals surface area contributed by atoms with Gasteiger partial charge in [-0.15, -0.1) is 0 Å². The number of rotatable bonds is 10. The molecule has 1 aromatic heterocycles. The van der Waals surface area contributed by atoms with Crippen LogP contribution in [0, 0.1) is 5.92 Å². The van der Waals surface area contributed by atoms with Crippen molar-refractivity contribution >= 4 is 35.1 Å². The van der Waals surface area contributed by atoms with E-state index in [0.29, 0.717) is 18.4 Å². The maximum Gasteiger partial charge on any atom is 0.252 e. The molecule has 3 heterocycles. The van der Waals surface area contributed by atoms with Gasteiger partial charge in [0.1, 0.15) is 42.0 Å². The van der Waals surface area contributed by atoms with Gasteiger partial charge in [0.2, 0.25) is 17.6 Å². The van der Waals surface area contributed by atoms with Crippen molar-refractivity contribution in [3.05, 3.63) is 81.7 Å². The maximum atomic E-state index is 14.0. The Hall–Kier alpha value is -5.75. The minimum Gasteiger partial charge on any atom is -0.507 e. The number of benzene rings is 2. The normalized spacial score (nSPS) is 25.5. The number of fused-ring (bicyclic) bond motifs is 3. The van der Waals surface area contributed by atoms with Gasteiger partial charge in [-0.1, -0.05) is 12.1 Å². The third-order valence-electron chi connectivity index (χ3n) is 11.5. The number of hydrogen-bond acceptors (Lipinski definition) is 14. The largest absolute Gasteiger partial charge is 0.507 e. The summed E-state index contributed by atoms with van der Waals surface area (Å²) in [5.74, 6) is -5.68. The van der Waals surface area contributed by atoms with Crippen LogP contribution in [-0.4, -0.2) is 122 Å². The lowest BCUT2D eigenvalue weighted by molar-refractivity contribution is -0.245. The summed E-state index contributed by atoms with van der Waals surface area (Å²) in [7, 11) is 1.32. The summed E-state index contributed by atoms with van der Waals surface area (Å²) in [5.41, 5.74) is -0.776. The summed E-state index contributed by atoms with van der Waals surface area (Å²) in [6.45, 7) is 2.52. The second-order valence-electron chi connectivity index (χ2n) is 15.0. The summed E-state index contributed by atoms with van der Waals surface area (Å²) in [6, 6.07) is 4.60. The fraction of sp³-hybridized carbons (Fsp3) is 0.439. The average molecular weight is 801 g/mol. The second-order valence-corrected chi connectivity index (χ2v) is 15.0. The minimum atomic E-state index is -1.24. The van der Waals surface area contributed by atoms with Crippen molar-refractivity contribution in [3.8, 4) is 17.2 Å². The van der Waals surface area contributed by atoms with Gasteiger partial charge in [-0.05, 0) is 57.7 Å². The molecule has 0 saturated carbocycles. The number of aromatic hydroxyl groups is 2. The number of likely N-dealkylation sites (tertiary alicyclic amines) is 1. The second kappa shape index (κ2) is 16.2. The smallest absolute Gasteiger partial charge is 0.252 e. The molecule has 17 heteroatoms. The molecule has 0 bridgehead atoms. The molecule has 4 aliphatic rings. The Morgan fingerprint density at radius 3 is 2.45 bits per heavy atom. The van der Waals surface area contributed by atoms with Crippen LogP contribution >= 0.6 is 0 Å². The van der Waals surface area contributed by atoms with Gasteiger partial charge < -0.3 is 50.2 Å². The van der Waals surface area contributed by atoms with E-state index in [0.717, 1.165) is 0 Å². The predicted molar refractivity (Wildman–Crippen MR) is 200 cm³/mol. The molecule has 6 N–H and O–H groups in total. The van der Waals surface area contributed by atoms with Gasteiger partial charge in [0.05, 0.1) is 42.0 Å². The number of hydrogen-bond donors (Lipinski definition) is 6. The Labute approximate surface area is 332 Å². The average Bonchev–Trinajstić information content (AvgIpc) is 3.72. The van der Waals surface area contributed by atoms with Crippen LogP contribution in [0.25, 0.3) is 0 Å². The molecule has 3 amide bonds. The quantitative estimate of drug-likeness (QED) is 0.124. The lowest BCUT2D eigenvalue weighted by Crippen LogP contribution is -2.59. The van der Waals surface area contributed by atoms with Crippen molar-refractivity contribution in [2.75, 3.05) is 20.3 Å². The molecular formula is C41H44N4O13. The Bertz CT molecular complexity index is 2180. The molecule has 17 nitrogen and oxygen atoms in total.